The second-order valence-corrected chi connectivity index (χ2v) is 7.79. The third kappa shape index (κ3) is 2.78. The van der Waals surface area contributed by atoms with E-state index in [4.69, 9.17) is 0 Å². The molecule has 20 heavy (non-hydrogen) atoms. The van der Waals surface area contributed by atoms with Crippen molar-refractivity contribution >= 4 is 0 Å². The van der Waals surface area contributed by atoms with Crippen molar-refractivity contribution in [2.75, 3.05) is 6.54 Å². The first kappa shape index (κ1) is 14.8. The Bertz CT molecular complexity index is 303. The number of hydrogen-bond donors (Lipinski definition) is 1. The molecule has 2 heterocycles. The maximum absolute atomic E-state index is 3.80. The molecule has 5 unspecified atom stereocenters. The molecule has 1 N–H and O–H groups in total. The van der Waals surface area contributed by atoms with Gasteiger partial charge in [0.25, 0.3) is 0 Å². The summed E-state index contributed by atoms with van der Waals surface area (Å²) in [5.41, 5.74) is 0. The highest BCUT2D eigenvalue weighted by Gasteiger charge is 2.45. The van der Waals surface area contributed by atoms with E-state index in [9.17, 15) is 0 Å². The molecule has 2 saturated heterocycles. The molecule has 2 aliphatic heterocycles. The zero-order chi connectivity index (χ0) is 14.1. The van der Waals surface area contributed by atoms with Gasteiger partial charge in [-0.2, -0.15) is 0 Å². The zero-order valence-corrected chi connectivity index (χ0v) is 13.8. The topological polar surface area (TPSA) is 15.3 Å². The van der Waals surface area contributed by atoms with Gasteiger partial charge in [-0.05, 0) is 63.3 Å². The summed E-state index contributed by atoms with van der Waals surface area (Å²) in [4.78, 5) is 3.00. The van der Waals surface area contributed by atoms with Crippen LogP contribution < -0.4 is 5.32 Å². The highest BCUT2D eigenvalue weighted by atomic mass is 15.2. The van der Waals surface area contributed by atoms with Crippen LogP contribution in [0.15, 0.2) is 0 Å². The molecule has 3 fully saturated rings. The second kappa shape index (κ2) is 6.36. The monoisotopic (exact) mass is 278 g/mol. The summed E-state index contributed by atoms with van der Waals surface area (Å²) in [7, 11) is 0. The fraction of sp³-hybridized carbons (Fsp3) is 1.00. The van der Waals surface area contributed by atoms with Gasteiger partial charge >= 0.3 is 0 Å². The molecule has 0 aromatic carbocycles. The Morgan fingerprint density at radius 2 is 1.70 bits per heavy atom. The standard InChI is InChI=1S/C18H34N2/c1-4-10-19-15-11-16-6-5-7-17(12-15)20(16)18-9-8-13(2)14(18)3/h13-19H,4-12H2,1-3H3. The Morgan fingerprint density at radius 1 is 1.00 bits per heavy atom. The Morgan fingerprint density at radius 3 is 2.25 bits per heavy atom. The van der Waals surface area contributed by atoms with E-state index < -0.39 is 0 Å². The summed E-state index contributed by atoms with van der Waals surface area (Å²) in [6, 6.07) is 3.47. The van der Waals surface area contributed by atoms with Gasteiger partial charge in [0, 0.05) is 24.2 Å². The second-order valence-electron chi connectivity index (χ2n) is 7.79. The van der Waals surface area contributed by atoms with Gasteiger partial charge in [-0.25, -0.2) is 0 Å². The van der Waals surface area contributed by atoms with Crippen LogP contribution in [-0.2, 0) is 0 Å². The molecule has 1 aliphatic carbocycles. The van der Waals surface area contributed by atoms with Gasteiger partial charge in [-0.3, -0.25) is 4.90 Å². The van der Waals surface area contributed by atoms with Crippen LogP contribution in [0, 0.1) is 11.8 Å². The van der Waals surface area contributed by atoms with Crippen LogP contribution in [-0.4, -0.2) is 35.6 Å². The van der Waals surface area contributed by atoms with E-state index in [1.54, 1.807) is 0 Å². The van der Waals surface area contributed by atoms with Crippen molar-refractivity contribution in [1.82, 2.24) is 10.2 Å². The predicted molar refractivity (Wildman–Crippen MR) is 85.9 cm³/mol. The van der Waals surface area contributed by atoms with Crippen molar-refractivity contribution in [2.45, 2.75) is 96.3 Å². The predicted octanol–water partition coefficient (Wildman–Crippen LogP) is 3.81. The first-order chi connectivity index (χ1) is 9.70. The van der Waals surface area contributed by atoms with E-state index in [0.717, 1.165) is 36.0 Å². The molecule has 2 heteroatoms. The number of fused-ring (bicyclic) bond motifs is 2. The zero-order valence-electron chi connectivity index (χ0n) is 13.8. The molecule has 0 amide bonds. The minimum absolute atomic E-state index is 0.802. The number of hydrogen-bond acceptors (Lipinski definition) is 2. The SMILES string of the molecule is CCCNC1CC2CCCC(C1)N2C1CCC(C)C1C. The van der Waals surface area contributed by atoms with E-state index in [-0.39, 0.29) is 0 Å². The van der Waals surface area contributed by atoms with Crippen LogP contribution in [0.25, 0.3) is 0 Å². The summed E-state index contributed by atoms with van der Waals surface area (Å²) in [5.74, 6) is 1.86. The molecule has 3 rings (SSSR count). The molecule has 2 bridgehead atoms. The van der Waals surface area contributed by atoms with E-state index in [1.807, 2.05) is 0 Å². The van der Waals surface area contributed by atoms with Gasteiger partial charge in [0.1, 0.15) is 0 Å². The minimum Gasteiger partial charge on any atom is -0.314 e. The van der Waals surface area contributed by atoms with Crippen LogP contribution in [0.4, 0.5) is 0 Å². The maximum atomic E-state index is 3.80. The van der Waals surface area contributed by atoms with Crippen LogP contribution >= 0.6 is 0 Å². The fourth-order valence-corrected chi connectivity index (χ4v) is 5.23. The van der Waals surface area contributed by atoms with Crippen LogP contribution in [0.1, 0.15) is 72.1 Å². The smallest absolute Gasteiger partial charge is 0.0129 e. The van der Waals surface area contributed by atoms with Crippen molar-refractivity contribution in [3.8, 4) is 0 Å². The lowest BCUT2D eigenvalue weighted by Crippen LogP contribution is -2.60. The molecule has 1 saturated carbocycles. The number of rotatable bonds is 4. The molecule has 0 radical (unpaired) electrons. The lowest BCUT2D eigenvalue weighted by atomic mass is 9.79. The van der Waals surface area contributed by atoms with Crippen molar-refractivity contribution in [2.24, 2.45) is 11.8 Å². The normalized spacial score (nSPS) is 45.8. The first-order valence-electron chi connectivity index (χ1n) is 9.21. The maximum Gasteiger partial charge on any atom is 0.0129 e. The molecular weight excluding hydrogens is 244 g/mol. The Hall–Kier alpha value is -0.0800. The summed E-state index contributed by atoms with van der Waals surface area (Å²) < 4.78 is 0. The Kier molecular flexibility index (Phi) is 4.72. The van der Waals surface area contributed by atoms with Gasteiger partial charge < -0.3 is 5.32 Å². The van der Waals surface area contributed by atoms with E-state index in [0.29, 0.717) is 0 Å². The van der Waals surface area contributed by atoms with Crippen LogP contribution in [0.5, 0.6) is 0 Å². The molecule has 0 aromatic heterocycles. The van der Waals surface area contributed by atoms with E-state index >= 15 is 0 Å². The van der Waals surface area contributed by atoms with Crippen LogP contribution in [0.3, 0.4) is 0 Å². The van der Waals surface area contributed by atoms with Gasteiger partial charge in [0.15, 0.2) is 0 Å². The molecule has 0 spiro atoms. The fourth-order valence-electron chi connectivity index (χ4n) is 5.23. The summed E-state index contributed by atoms with van der Waals surface area (Å²) in [6.07, 6.45) is 11.4. The quantitative estimate of drug-likeness (QED) is 0.841. The summed E-state index contributed by atoms with van der Waals surface area (Å²) >= 11 is 0. The van der Waals surface area contributed by atoms with E-state index in [2.05, 4.69) is 31.0 Å². The number of nitrogens with one attached hydrogen (secondary N) is 1. The van der Waals surface area contributed by atoms with Gasteiger partial charge in [-0.1, -0.05) is 27.2 Å². The largest absolute Gasteiger partial charge is 0.314 e. The first-order valence-corrected chi connectivity index (χ1v) is 9.21. The lowest BCUT2D eigenvalue weighted by molar-refractivity contribution is -0.0230. The van der Waals surface area contributed by atoms with Gasteiger partial charge in [0.05, 0.1) is 0 Å². The van der Waals surface area contributed by atoms with Crippen LogP contribution in [0.2, 0.25) is 0 Å². The number of nitrogens with zero attached hydrogens (tertiary/aromatic N) is 1. The molecule has 3 aliphatic rings. The highest BCUT2D eigenvalue weighted by Crippen LogP contribution is 2.43. The van der Waals surface area contributed by atoms with Crippen molar-refractivity contribution in [1.29, 1.82) is 0 Å². The molecule has 5 atom stereocenters. The lowest BCUT2D eigenvalue weighted by Gasteiger charge is -2.53. The highest BCUT2D eigenvalue weighted by molar-refractivity contribution is 5.00. The average Bonchev–Trinajstić information content (AvgIpc) is 2.75. The summed E-state index contributed by atoms with van der Waals surface area (Å²) in [5, 5.41) is 3.80. The van der Waals surface area contributed by atoms with Gasteiger partial charge in [0.2, 0.25) is 0 Å². The molecule has 0 aromatic rings. The van der Waals surface area contributed by atoms with Crippen molar-refractivity contribution in [3.05, 3.63) is 0 Å². The third-order valence-electron chi connectivity index (χ3n) is 6.52. The average molecular weight is 278 g/mol. The molecule has 2 nitrogen and oxygen atoms in total. The Labute approximate surface area is 125 Å². The summed E-state index contributed by atoms with van der Waals surface area (Å²) in [6.45, 7) is 8.47. The molecular formula is C18H34N2. The van der Waals surface area contributed by atoms with E-state index in [1.165, 1.54) is 57.9 Å². The molecule has 116 valence electrons. The number of piperidine rings is 2. The Balaban J connectivity index is 1.67. The van der Waals surface area contributed by atoms with Gasteiger partial charge in [-0.15, -0.1) is 0 Å². The minimum atomic E-state index is 0.802. The third-order valence-corrected chi connectivity index (χ3v) is 6.52. The van der Waals surface area contributed by atoms with Crippen molar-refractivity contribution < 1.29 is 0 Å². The van der Waals surface area contributed by atoms with Crippen molar-refractivity contribution in [3.63, 3.8) is 0 Å².